The lowest BCUT2D eigenvalue weighted by molar-refractivity contribution is 0.451. The monoisotopic (exact) mass is 300 g/mol. The first-order valence-electron chi connectivity index (χ1n) is 6.84. The molecule has 4 rings (SSSR count). The van der Waals surface area contributed by atoms with Crippen LogP contribution in [0.4, 0.5) is 0 Å². The molecule has 2 aromatic carbocycles. The van der Waals surface area contributed by atoms with Gasteiger partial charge in [0, 0.05) is 12.1 Å². The quantitative estimate of drug-likeness (QED) is 0.749. The highest BCUT2D eigenvalue weighted by Gasteiger charge is 2.30. The molecule has 4 nitrogen and oxygen atoms in total. The lowest BCUT2D eigenvalue weighted by atomic mass is 10.2. The van der Waals surface area contributed by atoms with Crippen molar-refractivity contribution >= 4 is 22.6 Å². The number of rotatable bonds is 2. The largest absolute Gasteiger partial charge is 0.508 e. The predicted octanol–water partition coefficient (Wildman–Crippen LogP) is 4.10. The smallest absolute Gasteiger partial charge is 0.145 e. The van der Waals surface area contributed by atoms with Gasteiger partial charge in [-0.3, -0.25) is 0 Å². The van der Waals surface area contributed by atoms with Crippen LogP contribution in [-0.4, -0.2) is 19.8 Å². The van der Waals surface area contributed by atoms with Crippen LogP contribution >= 0.6 is 11.6 Å². The Morgan fingerprint density at radius 1 is 1.14 bits per heavy atom. The molecule has 1 heterocycles. The van der Waals surface area contributed by atoms with Crippen molar-refractivity contribution in [2.24, 2.45) is 0 Å². The summed E-state index contributed by atoms with van der Waals surface area (Å²) >= 11 is 6.34. The van der Waals surface area contributed by atoms with Crippen LogP contribution in [0, 0.1) is 0 Å². The first kappa shape index (κ1) is 12.5. The molecule has 106 valence electrons. The molecule has 3 aromatic rings. The van der Waals surface area contributed by atoms with Gasteiger partial charge in [0.25, 0.3) is 0 Å². The van der Waals surface area contributed by atoms with Gasteiger partial charge < -0.3 is 14.8 Å². The average Bonchev–Trinajstić information content (AvgIpc) is 3.20. The van der Waals surface area contributed by atoms with Crippen LogP contribution in [0.5, 0.6) is 11.5 Å². The summed E-state index contributed by atoms with van der Waals surface area (Å²) < 4.78 is 2.10. The molecule has 0 spiro atoms. The number of benzene rings is 2. The molecule has 1 aliphatic carbocycles. The van der Waals surface area contributed by atoms with E-state index in [0.29, 0.717) is 22.5 Å². The average molecular weight is 301 g/mol. The highest BCUT2D eigenvalue weighted by Crippen LogP contribution is 2.44. The molecule has 0 saturated heterocycles. The van der Waals surface area contributed by atoms with Crippen molar-refractivity contribution in [3.8, 4) is 22.9 Å². The van der Waals surface area contributed by atoms with E-state index in [2.05, 4.69) is 9.55 Å². The Morgan fingerprint density at radius 3 is 2.67 bits per heavy atom. The van der Waals surface area contributed by atoms with E-state index in [-0.39, 0.29) is 11.5 Å². The summed E-state index contributed by atoms with van der Waals surface area (Å²) in [5, 5.41) is 20.2. The van der Waals surface area contributed by atoms with E-state index >= 15 is 0 Å². The molecule has 5 heteroatoms. The fourth-order valence-corrected chi connectivity index (χ4v) is 2.95. The molecule has 21 heavy (non-hydrogen) atoms. The van der Waals surface area contributed by atoms with Crippen LogP contribution in [0.1, 0.15) is 18.9 Å². The minimum absolute atomic E-state index is 0.0170. The van der Waals surface area contributed by atoms with Gasteiger partial charge in [-0.25, -0.2) is 4.98 Å². The van der Waals surface area contributed by atoms with E-state index in [1.807, 2.05) is 18.2 Å². The third-order valence-electron chi connectivity index (χ3n) is 3.80. The number of hydrogen-bond acceptors (Lipinski definition) is 3. The van der Waals surface area contributed by atoms with Gasteiger partial charge in [0.05, 0.1) is 21.6 Å². The molecular weight excluding hydrogens is 288 g/mol. The molecule has 1 fully saturated rings. The number of hydrogen-bond donors (Lipinski definition) is 2. The van der Waals surface area contributed by atoms with Gasteiger partial charge in [-0.05, 0) is 37.1 Å². The summed E-state index contributed by atoms with van der Waals surface area (Å²) in [5.41, 5.74) is 2.33. The van der Waals surface area contributed by atoms with Crippen LogP contribution in [0.3, 0.4) is 0 Å². The Balaban J connectivity index is 2.04. The fraction of sp³-hybridized carbons (Fsp3) is 0.188. The van der Waals surface area contributed by atoms with Crippen molar-refractivity contribution in [2.45, 2.75) is 18.9 Å². The van der Waals surface area contributed by atoms with Crippen molar-refractivity contribution < 1.29 is 10.2 Å². The Hall–Kier alpha value is -2.20. The Labute approximate surface area is 126 Å². The van der Waals surface area contributed by atoms with Gasteiger partial charge in [-0.2, -0.15) is 0 Å². The highest BCUT2D eigenvalue weighted by atomic mass is 35.5. The lowest BCUT2D eigenvalue weighted by Crippen LogP contribution is -1.98. The summed E-state index contributed by atoms with van der Waals surface area (Å²) in [6.45, 7) is 0. The first-order valence-corrected chi connectivity index (χ1v) is 7.22. The number of halogens is 1. The molecule has 0 bridgehead atoms. The normalized spacial score (nSPS) is 14.7. The van der Waals surface area contributed by atoms with Gasteiger partial charge in [0.1, 0.15) is 17.3 Å². The molecule has 2 N–H and O–H groups in total. The third-order valence-corrected chi connectivity index (χ3v) is 4.10. The number of aromatic hydroxyl groups is 2. The third kappa shape index (κ3) is 1.94. The Morgan fingerprint density at radius 2 is 1.95 bits per heavy atom. The van der Waals surface area contributed by atoms with E-state index in [0.717, 1.165) is 23.9 Å². The first-order chi connectivity index (χ1) is 10.1. The second-order valence-corrected chi connectivity index (χ2v) is 5.75. The second-order valence-electron chi connectivity index (χ2n) is 5.35. The number of aromatic nitrogens is 2. The minimum atomic E-state index is 0.0170. The summed E-state index contributed by atoms with van der Waals surface area (Å²) in [6.07, 6.45) is 2.17. The zero-order chi connectivity index (χ0) is 14.6. The zero-order valence-corrected chi connectivity index (χ0v) is 11.9. The van der Waals surface area contributed by atoms with Crippen LogP contribution in [0.2, 0.25) is 5.02 Å². The molecule has 0 radical (unpaired) electrons. The molecule has 1 aliphatic rings. The van der Waals surface area contributed by atoms with Gasteiger partial charge in [-0.1, -0.05) is 17.7 Å². The standard InChI is InChI=1S/C16H13ClN2O2/c17-12-2-1-3-13-15(12)19(9-4-5-9)16(18-13)11-7-6-10(20)8-14(11)21/h1-3,6-9,20-21H,4-5H2. The molecule has 0 amide bonds. The van der Waals surface area contributed by atoms with Crippen LogP contribution in [0.15, 0.2) is 36.4 Å². The summed E-state index contributed by atoms with van der Waals surface area (Å²) in [6, 6.07) is 10.6. The highest BCUT2D eigenvalue weighted by molar-refractivity contribution is 6.35. The lowest BCUT2D eigenvalue weighted by Gasteiger charge is -2.10. The molecular formula is C16H13ClN2O2. The van der Waals surface area contributed by atoms with E-state index in [9.17, 15) is 10.2 Å². The molecule has 1 saturated carbocycles. The van der Waals surface area contributed by atoms with E-state index in [4.69, 9.17) is 11.6 Å². The molecule has 0 aliphatic heterocycles. The molecule has 0 unspecified atom stereocenters. The van der Waals surface area contributed by atoms with Crippen molar-refractivity contribution in [3.63, 3.8) is 0 Å². The number of phenolic OH excluding ortho intramolecular Hbond substituents is 2. The van der Waals surface area contributed by atoms with Crippen molar-refractivity contribution in [3.05, 3.63) is 41.4 Å². The number of para-hydroxylation sites is 1. The number of nitrogens with zero attached hydrogens (tertiary/aromatic N) is 2. The van der Waals surface area contributed by atoms with Crippen LogP contribution in [0.25, 0.3) is 22.4 Å². The number of fused-ring (bicyclic) bond motifs is 1. The number of imidazole rings is 1. The summed E-state index contributed by atoms with van der Waals surface area (Å²) in [7, 11) is 0. The van der Waals surface area contributed by atoms with Crippen LogP contribution in [-0.2, 0) is 0 Å². The maximum absolute atomic E-state index is 10.1. The SMILES string of the molecule is Oc1ccc(-c2nc3cccc(Cl)c3n2C2CC2)c(O)c1. The maximum Gasteiger partial charge on any atom is 0.145 e. The predicted molar refractivity (Wildman–Crippen MR) is 81.8 cm³/mol. The van der Waals surface area contributed by atoms with Gasteiger partial charge >= 0.3 is 0 Å². The molecule has 1 aromatic heterocycles. The minimum Gasteiger partial charge on any atom is -0.508 e. The maximum atomic E-state index is 10.1. The molecule has 0 atom stereocenters. The fourth-order valence-electron chi connectivity index (χ4n) is 2.69. The van der Waals surface area contributed by atoms with E-state index in [1.165, 1.54) is 6.07 Å². The van der Waals surface area contributed by atoms with Gasteiger partial charge in [0.2, 0.25) is 0 Å². The van der Waals surface area contributed by atoms with E-state index in [1.54, 1.807) is 12.1 Å². The summed E-state index contributed by atoms with van der Waals surface area (Å²) in [5.74, 6) is 0.741. The Kier molecular flexibility index (Phi) is 2.62. The van der Waals surface area contributed by atoms with Crippen molar-refractivity contribution in [1.82, 2.24) is 9.55 Å². The second kappa shape index (κ2) is 4.40. The zero-order valence-electron chi connectivity index (χ0n) is 11.1. The van der Waals surface area contributed by atoms with Crippen molar-refractivity contribution in [1.29, 1.82) is 0 Å². The van der Waals surface area contributed by atoms with Gasteiger partial charge in [0.15, 0.2) is 0 Å². The van der Waals surface area contributed by atoms with Crippen molar-refractivity contribution in [2.75, 3.05) is 0 Å². The van der Waals surface area contributed by atoms with Gasteiger partial charge in [-0.15, -0.1) is 0 Å². The van der Waals surface area contributed by atoms with Crippen LogP contribution < -0.4 is 0 Å². The summed E-state index contributed by atoms with van der Waals surface area (Å²) in [4.78, 5) is 4.63. The topological polar surface area (TPSA) is 58.3 Å². The van der Waals surface area contributed by atoms with E-state index < -0.39 is 0 Å². The Bertz CT molecular complexity index is 853. The number of phenols is 2.